The van der Waals surface area contributed by atoms with Crippen molar-refractivity contribution >= 4 is 34.7 Å². The largest absolute Gasteiger partial charge is 0.462 e. The van der Waals surface area contributed by atoms with Crippen molar-refractivity contribution in [1.82, 2.24) is 10.3 Å². The van der Waals surface area contributed by atoms with Crippen LogP contribution < -0.4 is 10.2 Å². The van der Waals surface area contributed by atoms with Crippen molar-refractivity contribution in [2.75, 3.05) is 31.1 Å². The van der Waals surface area contributed by atoms with E-state index < -0.39 is 5.97 Å². The van der Waals surface area contributed by atoms with Gasteiger partial charge in [-0.3, -0.25) is 0 Å². The van der Waals surface area contributed by atoms with Crippen LogP contribution in [0.1, 0.15) is 24.2 Å². The molecule has 2 aromatic rings. The van der Waals surface area contributed by atoms with Gasteiger partial charge in [0.2, 0.25) is 0 Å². The van der Waals surface area contributed by atoms with E-state index in [-0.39, 0.29) is 6.04 Å². The molecule has 1 saturated heterocycles. The Bertz CT molecular complexity index is 701. The SMILES string of the molecule is CCOC(=O)c1cc(Cl)cc2nc(N3CCNCC3C)oc12. The van der Waals surface area contributed by atoms with Crippen molar-refractivity contribution in [1.29, 1.82) is 0 Å². The lowest BCUT2D eigenvalue weighted by molar-refractivity contribution is 0.0527. The fraction of sp³-hybridized carbons (Fsp3) is 0.467. The predicted octanol–water partition coefficient (Wildman–Crippen LogP) is 2.46. The van der Waals surface area contributed by atoms with E-state index in [1.54, 1.807) is 19.1 Å². The van der Waals surface area contributed by atoms with Gasteiger partial charge in [-0.15, -0.1) is 0 Å². The Morgan fingerprint density at radius 2 is 2.41 bits per heavy atom. The summed E-state index contributed by atoms with van der Waals surface area (Å²) in [5, 5.41) is 3.75. The van der Waals surface area contributed by atoms with Gasteiger partial charge in [-0.05, 0) is 26.0 Å². The van der Waals surface area contributed by atoms with Gasteiger partial charge in [0.15, 0.2) is 5.58 Å². The number of rotatable bonds is 3. The van der Waals surface area contributed by atoms with Crippen molar-refractivity contribution in [3.8, 4) is 0 Å². The van der Waals surface area contributed by atoms with Gasteiger partial charge in [0.25, 0.3) is 6.01 Å². The zero-order valence-electron chi connectivity index (χ0n) is 12.6. The van der Waals surface area contributed by atoms with Crippen LogP contribution in [0.4, 0.5) is 6.01 Å². The standard InChI is InChI=1S/C15H18ClN3O3/c1-3-21-14(20)11-6-10(16)7-12-13(11)22-15(18-12)19-5-4-17-8-9(19)2/h6-7,9,17H,3-5,8H2,1-2H3. The third-order valence-electron chi connectivity index (χ3n) is 3.69. The van der Waals surface area contributed by atoms with E-state index in [1.165, 1.54) is 0 Å². The molecule has 1 unspecified atom stereocenters. The minimum absolute atomic E-state index is 0.267. The summed E-state index contributed by atoms with van der Waals surface area (Å²) in [6.07, 6.45) is 0. The molecule has 1 N–H and O–H groups in total. The molecule has 1 aliphatic rings. The lowest BCUT2D eigenvalue weighted by atomic mass is 10.2. The number of piperazine rings is 1. The third kappa shape index (κ3) is 2.76. The van der Waals surface area contributed by atoms with Crippen LogP contribution in [-0.2, 0) is 4.74 Å². The molecule has 3 rings (SSSR count). The molecule has 2 heterocycles. The number of halogens is 1. The molecule has 1 aromatic carbocycles. The highest BCUT2D eigenvalue weighted by molar-refractivity contribution is 6.31. The monoisotopic (exact) mass is 323 g/mol. The Balaban J connectivity index is 2.05. The van der Waals surface area contributed by atoms with Gasteiger partial charge >= 0.3 is 5.97 Å². The van der Waals surface area contributed by atoms with Gasteiger partial charge in [-0.1, -0.05) is 11.6 Å². The number of carbonyl (C=O) groups excluding carboxylic acids is 1. The summed E-state index contributed by atoms with van der Waals surface area (Å²) in [6, 6.07) is 4.03. The number of aromatic nitrogens is 1. The number of carbonyl (C=O) groups is 1. The average Bonchev–Trinajstić information content (AvgIpc) is 2.90. The first kappa shape index (κ1) is 15.1. The van der Waals surface area contributed by atoms with Gasteiger partial charge in [0, 0.05) is 30.7 Å². The summed E-state index contributed by atoms with van der Waals surface area (Å²) >= 11 is 6.08. The molecule has 22 heavy (non-hydrogen) atoms. The second kappa shape index (κ2) is 6.14. The fourth-order valence-electron chi connectivity index (χ4n) is 2.60. The number of nitrogens with one attached hydrogen (secondary N) is 1. The second-order valence-corrected chi connectivity index (χ2v) is 5.70. The molecule has 0 bridgehead atoms. The lowest BCUT2D eigenvalue weighted by Crippen LogP contribution is -2.50. The summed E-state index contributed by atoms with van der Waals surface area (Å²) in [5.74, 6) is -0.453. The average molecular weight is 324 g/mol. The maximum atomic E-state index is 12.1. The maximum absolute atomic E-state index is 12.1. The molecule has 118 valence electrons. The first-order valence-corrected chi connectivity index (χ1v) is 7.72. The third-order valence-corrected chi connectivity index (χ3v) is 3.90. The van der Waals surface area contributed by atoms with Crippen molar-refractivity contribution in [2.45, 2.75) is 19.9 Å². The molecule has 0 spiro atoms. The Kier molecular flexibility index (Phi) is 4.22. The molecule has 0 amide bonds. The van der Waals surface area contributed by atoms with E-state index >= 15 is 0 Å². The number of hydrogen-bond acceptors (Lipinski definition) is 6. The van der Waals surface area contributed by atoms with E-state index in [0.717, 1.165) is 19.6 Å². The van der Waals surface area contributed by atoms with Crippen LogP contribution in [0.25, 0.3) is 11.1 Å². The van der Waals surface area contributed by atoms with Crippen LogP contribution in [0.15, 0.2) is 16.5 Å². The molecule has 1 atom stereocenters. The van der Waals surface area contributed by atoms with Gasteiger partial charge in [-0.2, -0.15) is 4.98 Å². The molecule has 0 aliphatic carbocycles. The molecule has 7 heteroatoms. The van der Waals surface area contributed by atoms with E-state index in [0.29, 0.717) is 34.3 Å². The number of hydrogen-bond donors (Lipinski definition) is 1. The van der Waals surface area contributed by atoms with Gasteiger partial charge in [0.1, 0.15) is 11.1 Å². The fourth-order valence-corrected chi connectivity index (χ4v) is 2.81. The summed E-state index contributed by atoms with van der Waals surface area (Å²) in [7, 11) is 0. The Hall–Kier alpha value is -1.79. The quantitative estimate of drug-likeness (QED) is 0.875. The first-order valence-electron chi connectivity index (χ1n) is 7.34. The van der Waals surface area contributed by atoms with E-state index in [1.807, 2.05) is 0 Å². The number of anilines is 1. The first-order chi connectivity index (χ1) is 10.6. The van der Waals surface area contributed by atoms with Gasteiger partial charge in [-0.25, -0.2) is 4.79 Å². The second-order valence-electron chi connectivity index (χ2n) is 5.27. The van der Waals surface area contributed by atoms with Gasteiger partial charge < -0.3 is 19.4 Å². The number of esters is 1. The minimum atomic E-state index is -0.453. The highest BCUT2D eigenvalue weighted by atomic mass is 35.5. The van der Waals surface area contributed by atoms with Crippen molar-refractivity contribution < 1.29 is 13.9 Å². The molecule has 1 aliphatic heterocycles. The molecule has 0 saturated carbocycles. The zero-order valence-corrected chi connectivity index (χ0v) is 13.3. The van der Waals surface area contributed by atoms with Crippen molar-refractivity contribution in [3.05, 3.63) is 22.7 Å². The topological polar surface area (TPSA) is 67.6 Å². The highest BCUT2D eigenvalue weighted by Crippen LogP contribution is 2.29. The molecule has 1 fully saturated rings. The maximum Gasteiger partial charge on any atom is 0.342 e. The predicted molar refractivity (Wildman–Crippen MR) is 84.7 cm³/mol. The van der Waals surface area contributed by atoms with Crippen molar-refractivity contribution in [2.24, 2.45) is 0 Å². The summed E-state index contributed by atoms with van der Waals surface area (Å²) in [6.45, 7) is 6.69. The Morgan fingerprint density at radius 1 is 1.59 bits per heavy atom. The smallest absolute Gasteiger partial charge is 0.342 e. The van der Waals surface area contributed by atoms with Crippen LogP contribution in [0.3, 0.4) is 0 Å². The number of oxazole rings is 1. The number of nitrogens with zero attached hydrogens (tertiary/aromatic N) is 2. The molecule has 1 aromatic heterocycles. The summed E-state index contributed by atoms with van der Waals surface area (Å²) in [5.41, 5.74) is 1.30. The van der Waals surface area contributed by atoms with E-state index in [4.69, 9.17) is 20.8 Å². The van der Waals surface area contributed by atoms with Crippen LogP contribution in [-0.4, -0.2) is 43.2 Å². The molecular weight excluding hydrogens is 306 g/mol. The summed E-state index contributed by atoms with van der Waals surface area (Å²) < 4.78 is 10.9. The van der Waals surface area contributed by atoms with Crippen LogP contribution in [0, 0.1) is 0 Å². The zero-order chi connectivity index (χ0) is 15.7. The van der Waals surface area contributed by atoms with E-state index in [9.17, 15) is 4.79 Å². The Morgan fingerprint density at radius 3 is 3.14 bits per heavy atom. The van der Waals surface area contributed by atoms with Crippen LogP contribution in [0.2, 0.25) is 5.02 Å². The molecule has 0 radical (unpaired) electrons. The number of benzene rings is 1. The summed E-state index contributed by atoms with van der Waals surface area (Å²) in [4.78, 5) is 18.6. The normalized spacial score (nSPS) is 18.7. The van der Waals surface area contributed by atoms with Gasteiger partial charge in [0.05, 0.1) is 6.61 Å². The molecular formula is C15H18ClN3O3. The van der Waals surface area contributed by atoms with Crippen LogP contribution >= 0.6 is 11.6 Å². The highest BCUT2D eigenvalue weighted by Gasteiger charge is 2.25. The van der Waals surface area contributed by atoms with E-state index in [2.05, 4.69) is 22.1 Å². The van der Waals surface area contributed by atoms with Crippen molar-refractivity contribution in [3.63, 3.8) is 0 Å². The minimum Gasteiger partial charge on any atom is -0.462 e. The lowest BCUT2D eigenvalue weighted by Gasteiger charge is -2.32. The molecule has 6 nitrogen and oxygen atoms in total. The number of fused-ring (bicyclic) bond motifs is 1. The Labute approximate surface area is 133 Å². The van der Waals surface area contributed by atoms with Crippen LogP contribution in [0.5, 0.6) is 0 Å². The number of ether oxygens (including phenoxy) is 1.